The third-order valence-corrected chi connectivity index (χ3v) is 6.14. The lowest BCUT2D eigenvalue weighted by Crippen LogP contribution is -2.22. The second kappa shape index (κ2) is 6.73. The Morgan fingerprint density at radius 3 is 2.80 bits per heavy atom. The molecule has 2 aromatic rings. The fourth-order valence-corrected chi connectivity index (χ4v) is 4.20. The Hall–Kier alpha value is -2.59. The highest BCUT2D eigenvalue weighted by molar-refractivity contribution is 7.94. The molecule has 3 rings (SSSR count). The number of benzene rings is 1. The molecule has 1 aromatic carbocycles. The topological polar surface area (TPSA) is 119 Å². The molecular formula is C15H13NO7S2. The molecule has 1 aliphatic rings. The summed E-state index contributed by atoms with van der Waals surface area (Å²) >= 11 is 1.04. The molecular weight excluding hydrogens is 370 g/mol. The summed E-state index contributed by atoms with van der Waals surface area (Å²) in [5.74, 6) is -1.99. The van der Waals surface area contributed by atoms with Crippen LogP contribution >= 0.6 is 11.3 Å². The number of phenolic OH excluding ortho intramolecular Hbond substituents is 1. The zero-order valence-corrected chi connectivity index (χ0v) is 14.3. The minimum Gasteiger partial charge on any atom is -0.507 e. The summed E-state index contributed by atoms with van der Waals surface area (Å²) in [6, 6.07) is 6.65. The molecule has 0 radical (unpaired) electrons. The molecule has 0 aliphatic carbocycles. The zero-order chi connectivity index (χ0) is 18.0. The highest BCUT2D eigenvalue weighted by Gasteiger charge is 2.31. The molecule has 1 unspecified atom stereocenters. The maximum Gasteiger partial charge on any atom is 0.347 e. The number of rotatable bonds is 5. The molecule has 0 bridgehead atoms. The molecule has 132 valence electrons. The highest BCUT2D eigenvalue weighted by Crippen LogP contribution is 2.26. The van der Waals surface area contributed by atoms with Gasteiger partial charge < -0.3 is 14.6 Å². The summed E-state index contributed by atoms with van der Waals surface area (Å²) in [4.78, 5) is 23.5. The molecule has 1 aliphatic heterocycles. The van der Waals surface area contributed by atoms with Crippen LogP contribution < -0.4 is 4.72 Å². The van der Waals surface area contributed by atoms with E-state index in [-0.39, 0.29) is 28.5 Å². The molecule has 8 nitrogen and oxygen atoms in total. The number of carbonyl (C=O) groups is 2. The first kappa shape index (κ1) is 17.2. The van der Waals surface area contributed by atoms with Crippen LogP contribution in [0.3, 0.4) is 0 Å². The van der Waals surface area contributed by atoms with Crippen molar-refractivity contribution in [2.24, 2.45) is 0 Å². The van der Waals surface area contributed by atoms with E-state index in [0.29, 0.717) is 0 Å². The number of anilines is 1. The Kier molecular flexibility index (Phi) is 4.64. The SMILES string of the molecule is O=C(OC1CCOC1=O)c1cc(NS(=O)(=O)c2cccs2)ccc1O. The molecule has 1 aromatic heterocycles. The van der Waals surface area contributed by atoms with Crippen molar-refractivity contribution in [1.82, 2.24) is 0 Å². The van der Waals surface area contributed by atoms with Gasteiger partial charge in [0, 0.05) is 12.1 Å². The van der Waals surface area contributed by atoms with Crippen LogP contribution in [0.1, 0.15) is 16.8 Å². The summed E-state index contributed by atoms with van der Waals surface area (Å²) < 4.78 is 36.5. The van der Waals surface area contributed by atoms with Crippen LogP contribution in [0.5, 0.6) is 5.75 Å². The fraction of sp³-hybridized carbons (Fsp3) is 0.200. The minimum absolute atomic E-state index is 0.0761. The van der Waals surface area contributed by atoms with Crippen molar-refractivity contribution in [2.75, 3.05) is 11.3 Å². The number of carbonyl (C=O) groups excluding carboxylic acids is 2. The molecule has 0 amide bonds. The molecule has 1 saturated heterocycles. The number of phenols is 1. The van der Waals surface area contributed by atoms with Crippen LogP contribution in [0.15, 0.2) is 39.9 Å². The van der Waals surface area contributed by atoms with E-state index in [4.69, 9.17) is 9.47 Å². The van der Waals surface area contributed by atoms with Crippen LogP contribution in [-0.2, 0) is 24.3 Å². The summed E-state index contributed by atoms with van der Waals surface area (Å²) in [5.41, 5.74) is -0.182. The van der Waals surface area contributed by atoms with Crippen LogP contribution in [0.4, 0.5) is 5.69 Å². The van der Waals surface area contributed by atoms with Gasteiger partial charge in [0.2, 0.25) is 6.10 Å². The average Bonchev–Trinajstić information content (AvgIpc) is 3.22. The van der Waals surface area contributed by atoms with Gasteiger partial charge in [0.1, 0.15) is 15.5 Å². The van der Waals surface area contributed by atoms with E-state index in [9.17, 15) is 23.1 Å². The van der Waals surface area contributed by atoms with Gasteiger partial charge >= 0.3 is 11.9 Å². The molecule has 2 N–H and O–H groups in total. The van der Waals surface area contributed by atoms with Crippen LogP contribution in [0.25, 0.3) is 0 Å². The normalized spacial score (nSPS) is 17.1. The Bertz CT molecular complexity index is 906. The summed E-state index contributed by atoms with van der Waals surface area (Å²) in [7, 11) is -3.80. The van der Waals surface area contributed by atoms with Gasteiger partial charge in [-0.15, -0.1) is 11.3 Å². The Morgan fingerprint density at radius 2 is 2.16 bits per heavy atom. The maximum absolute atomic E-state index is 12.2. The van der Waals surface area contributed by atoms with E-state index < -0.39 is 33.8 Å². The van der Waals surface area contributed by atoms with Gasteiger partial charge in [-0.2, -0.15) is 0 Å². The molecule has 0 saturated carbocycles. The summed E-state index contributed by atoms with van der Waals surface area (Å²) in [6.45, 7) is 0.156. The van der Waals surface area contributed by atoms with Gasteiger partial charge in [-0.3, -0.25) is 4.72 Å². The summed E-state index contributed by atoms with van der Waals surface area (Å²) in [6.07, 6.45) is -0.797. The van der Waals surface area contributed by atoms with Gasteiger partial charge in [0.25, 0.3) is 10.0 Å². The maximum atomic E-state index is 12.2. The number of sulfonamides is 1. The molecule has 1 fully saturated rings. The monoisotopic (exact) mass is 383 g/mol. The number of hydrogen-bond donors (Lipinski definition) is 2. The van der Waals surface area contributed by atoms with Crippen molar-refractivity contribution in [3.63, 3.8) is 0 Å². The van der Waals surface area contributed by atoms with Gasteiger partial charge in [-0.05, 0) is 29.6 Å². The van der Waals surface area contributed by atoms with E-state index in [1.54, 1.807) is 11.4 Å². The lowest BCUT2D eigenvalue weighted by atomic mass is 10.2. The largest absolute Gasteiger partial charge is 0.507 e. The predicted molar refractivity (Wildman–Crippen MR) is 88.0 cm³/mol. The van der Waals surface area contributed by atoms with E-state index >= 15 is 0 Å². The smallest absolute Gasteiger partial charge is 0.347 e. The van der Waals surface area contributed by atoms with Crippen molar-refractivity contribution in [3.8, 4) is 5.75 Å². The Balaban J connectivity index is 1.81. The summed E-state index contributed by atoms with van der Waals surface area (Å²) in [5, 5.41) is 11.5. The van der Waals surface area contributed by atoms with Crippen molar-refractivity contribution in [2.45, 2.75) is 16.7 Å². The van der Waals surface area contributed by atoms with Crippen LogP contribution in [0, 0.1) is 0 Å². The molecule has 25 heavy (non-hydrogen) atoms. The predicted octanol–water partition coefficient (Wildman–Crippen LogP) is 1.73. The molecule has 1 atom stereocenters. The highest BCUT2D eigenvalue weighted by atomic mass is 32.2. The fourth-order valence-electron chi connectivity index (χ4n) is 2.16. The van der Waals surface area contributed by atoms with Gasteiger partial charge in [-0.25, -0.2) is 18.0 Å². The number of cyclic esters (lactones) is 1. The van der Waals surface area contributed by atoms with Gasteiger partial charge in [0.15, 0.2) is 0 Å². The quantitative estimate of drug-likeness (QED) is 0.596. The second-order valence-corrected chi connectivity index (χ2v) is 7.98. The second-order valence-electron chi connectivity index (χ2n) is 5.12. The number of thiophene rings is 1. The molecule has 0 spiro atoms. The number of ether oxygens (including phenoxy) is 2. The lowest BCUT2D eigenvalue weighted by Gasteiger charge is -2.11. The van der Waals surface area contributed by atoms with Crippen molar-refractivity contribution < 1.29 is 32.6 Å². The van der Waals surface area contributed by atoms with E-state index in [1.807, 2.05) is 0 Å². The zero-order valence-electron chi connectivity index (χ0n) is 12.7. The lowest BCUT2D eigenvalue weighted by molar-refractivity contribution is -0.145. The van der Waals surface area contributed by atoms with Gasteiger partial charge in [-0.1, -0.05) is 6.07 Å². The first-order chi connectivity index (χ1) is 11.9. The Morgan fingerprint density at radius 1 is 1.36 bits per heavy atom. The van der Waals surface area contributed by atoms with E-state index in [0.717, 1.165) is 23.5 Å². The van der Waals surface area contributed by atoms with Crippen molar-refractivity contribution >= 4 is 39.0 Å². The van der Waals surface area contributed by atoms with Crippen LogP contribution in [-0.4, -0.2) is 38.2 Å². The molecule has 2 heterocycles. The molecule has 10 heteroatoms. The third kappa shape index (κ3) is 3.74. The first-order valence-corrected chi connectivity index (χ1v) is 9.50. The number of esters is 2. The van der Waals surface area contributed by atoms with Crippen LogP contribution in [0.2, 0.25) is 0 Å². The van der Waals surface area contributed by atoms with Crippen molar-refractivity contribution in [1.29, 1.82) is 0 Å². The Labute approximate surface area is 147 Å². The number of aromatic hydroxyl groups is 1. The van der Waals surface area contributed by atoms with Gasteiger partial charge in [0.05, 0.1) is 6.61 Å². The third-order valence-electron chi connectivity index (χ3n) is 3.37. The average molecular weight is 383 g/mol. The first-order valence-electron chi connectivity index (χ1n) is 7.14. The van der Waals surface area contributed by atoms with E-state index in [2.05, 4.69) is 4.72 Å². The van der Waals surface area contributed by atoms with E-state index in [1.165, 1.54) is 12.1 Å². The number of hydrogen-bond acceptors (Lipinski definition) is 8. The minimum atomic E-state index is -3.80. The van der Waals surface area contributed by atoms with Crippen molar-refractivity contribution in [3.05, 3.63) is 41.3 Å². The number of nitrogens with one attached hydrogen (secondary N) is 1. The standard InChI is InChI=1S/C15H13NO7S2/c17-11-4-3-9(16-25(20,21)13-2-1-7-24-13)8-10(11)14(18)23-12-5-6-22-15(12)19/h1-4,7-8,12,16-17H,5-6H2.